The number of rotatable bonds is 10. The largest absolute Gasteiger partial charge is 0.352 e. The molecular formula is C31H34Cl2N2O2. The molecule has 6 heteroatoms. The molecule has 1 atom stereocenters. The second kappa shape index (κ2) is 13.6. The van der Waals surface area contributed by atoms with Crippen molar-refractivity contribution in [1.82, 2.24) is 10.2 Å². The minimum atomic E-state index is -0.681. The van der Waals surface area contributed by atoms with Crippen molar-refractivity contribution >= 4 is 35.0 Å². The minimum Gasteiger partial charge on any atom is -0.352 e. The van der Waals surface area contributed by atoms with Crippen LogP contribution in [0.15, 0.2) is 78.9 Å². The van der Waals surface area contributed by atoms with Gasteiger partial charge < -0.3 is 10.2 Å². The predicted octanol–water partition coefficient (Wildman–Crippen LogP) is 7.02. The molecule has 1 aliphatic carbocycles. The Hall–Kier alpha value is -2.82. The fraction of sp³-hybridized carbons (Fsp3) is 0.355. The first kappa shape index (κ1) is 27.2. The molecule has 4 rings (SSSR count). The van der Waals surface area contributed by atoms with Gasteiger partial charge in [0.2, 0.25) is 11.8 Å². The third-order valence-corrected chi connectivity index (χ3v) is 7.79. The topological polar surface area (TPSA) is 49.4 Å². The standard InChI is InChI=1S/C31H34Cl2N2O2/c32-27-17-10-18-28(33)26(27)22-35(30(36)20-19-23-11-4-1-5-12-23)29(21-24-13-6-2-7-14-24)31(37)34-25-15-8-3-9-16-25/h1-2,4-7,10-14,17-18,25,29H,3,8-9,15-16,19-22H2,(H,34,37)/t29-/m1/s1. The van der Waals surface area contributed by atoms with Gasteiger partial charge in [0.25, 0.3) is 0 Å². The number of benzene rings is 3. The molecule has 2 amide bonds. The molecule has 194 valence electrons. The van der Waals surface area contributed by atoms with Gasteiger partial charge in [0.15, 0.2) is 0 Å². The summed E-state index contributed by atoms with van der Waals surface area (Å²) in [5.41, 5.74) is 2.73. The fourth-order valence-electron chi connectivity index (χ4n) is 4.99. The van der Waals surface area contributed by atoms with Crippen LogP contribution in [0.2, 0.25) is 10.0 Å². The zero-order valence-electron chi connectivity index (χ0n) is 21.0. The Morgan fingerprint density at radius 2 is 1.41 bits per heavy atom. The summed E-state index contributed by atoms with van der Waals surface area (Å²) < 4.78 is 0. The smallest absolute Gasteiger partial charge is 0.243 e. The van der Waals surface area contributed by atoms with E-state index in [2.05, 4.69) is 5.32 Å². The molecule has 0 saturated heterocycles. The predicted molar refractivity (Wildman–Crippen MR) is 151 cm³/mol. The van der Waals surface area contributed by atoms with Crippen LogP contribution in [-0.4, -0.2) is 28.8 Å². The van der Waals surface area contributed by atoms with Gasteiger partial charge in [-0.25, -0.2) is 0 Å². The molecule has 3 aromatic carbocycles. The minimum absolute atomic E-state index is 0.0976. The monoisotopic (exact) mass is 536 g/mol. The first-order valence-corrected chi connectivity index (χ1v) is 13.9. The van der Waals surface area contributed by atoms with E-state index in [1.165, 1.54) is 6.42 Å². The lowest BCUT2D eigenvalue weighted by atomic mass is 9.94. The van der Waals surface area contributed by atoms with E-state index in [1.54, 1.807) is 23.1 Å². The summed E-state index contributed by atoms with van der Waals surface area (Å²) in [6.45, 7) is 0.168. The average Bonchev–Trinajstić information content (AvgIpc) is 2.92. The summed E-state index contributed by atoms with van der Waals surface area (Å²) in [5, 5.41) is 4.24. The highest BCUT2D eigenvalue weighted by molar-refractivity contribution is 6.36. The Bertz CT molecular complexity index is 1140. The van der Waals surface area contributed by atoms with Crippen LogP contribution in [0.5, 0.6) is 0 Å². The van der Waals surface area contributed by atoms with Gasteiger partial charge in [0.1, 0.15) is 6.04 Å². The van der Waals surface area contributed by atoms with Gasteiger partial charge in [-0.15, -0.1) is 0 Å². The highest BCUT2D eigenvalue weighted by Gasteiger charge is 2.32. The van der Waals surface area contributed by atoms with E-state index in [-0.39, 0.29) is 30.8 Å². The highest BCUT2D eigenvalue weighted by Crippen LogP contribution is 2.28. The molecule has 0 bridgehead atoms. The second-order valence-electron chi connectivity index (χ2n) is 9.76. The third kappa shape index (κ3) is 7.83. The van der Waals surface area contributed by atoms with Gasteiger partial charge in [-0.2, -0.15) is 0 Å². The number of nitrogens with zero attached hydrogens (tertiary/aromatic N) is 1. The van der Waals surface area contributed by atoms with Gasteiger partial charge in [-0.05, 0) is 42.5 Å². The quantitative estimate of drug-likeness (QED) is 0.302. The van der Waals surface area contributed by atoms with Gasteiger partial charge in [-0.1, -0.05) is 109 Å². The Morgan fingerprint density at radius 3 is 2.03 bits per heavy atom. The molecule has 0 aliphatic heterocycles. The van der Waals surface area contributed by atoms with Crippen LogP contribution in [0.3, 0.4) is 0 Å². The Balaban J connectivity index is 1.64. The summed E-state index contributed by atoms with van der Waals surface area (Å²) in [6, 6.07) is 24.6. The molecule has 0 heterocycles. The molecule has 1 fully saturated rings. The van der Waals surface area contributed by atoms with E-state index in [9.17, 15) is 9.59 Å². The molecule has 37 heavy (non-hydrogen) atoms. The SMILES string of the molecule is O=C(NC1CCCCC1)[C@@H](Cc1ccccc1)N(Cc1c(Cl)cccc1Cl)C(=O)CCc1ccccc1. The van der Waals surface area contributed by atoms with Crippen molar-refractivity contribution in [2.45, 2.75) is 70.0 Å². The van der Waals surface area contributed by atoms with Gasteiger partial charge in [-0.3, -0.25) is 9.59 Å². The first-order chi connectivity index (χ1) is 18.0. The molecule has 0 spiro atoms. The number of aryl methyl sites for hydroxylation is 1. The van der Waals surface area contributed by atoms with E-state index in [0.29, 0.717) is 28.5 Å². The second-order valence-corrected chi connectivity index (χ2v) is 10.6. The summed E-state index contributed by atoms with van der Waals surface area (Å²) in [4.78, 5) is 29.3. The lowest BCUT2D eigenvalue weighted by Gasteiger charge is -2.34. The maximum absolute atomic E-state index is 13.8. The summed E-state index contributed by atoms with van der Waals surface area (Å²) in [7, 11) is 0. The average molecular weight is 538 g/mol. The van der Waals surface area contributed by atoms with Crippen molar-refractivity contribution in [3.8, 4) is 0 Å². The van der Waals surface area contributed by atoms with Crippen LogP contribution >= 0.6 is 23.2 Å². The lowest BCUT2D eigenvalue weighted by Crippen LogP contribution is -2.53. The van der Waals surface area contributed by atoms with Crippen molar-refractivity contribution < 1.29 is 9.59 Å². The molecule has 1 saturated carbocycles. The molecule has 1 N–H and O–H groups in total. The molecular weight excluding hydrogens is 503 g/mol. The van der Waals surface area contributed by atoms with Crippen molar-refractivity contribution in [3.63, 3.8) is 0 Å². The van der Waals surface area contributed by atoms with Crippen LogP contribution < -0.4 is 5.32 Å². The van der Waals surface area contributed by atoms with Crippen LogP contribution in [0, 0.1) is 0 Å². The number of carbonyl (C=O) groups excluding carboxylic acids is 2. The van der Waals surface area contributed by atoms with Crippen LogP contribution in [0.1, 0.15) is 55.2 Å². The van der Waals surface area contributed by atoms with E-state index < -0.39 is 6.04 Å². The number of carbonyl (C=O) groups is 2. The van der Waals surface area contributed by atoms with Crippen molar-refractivity contribution in [1.29, 1.82) is 0 Å². The van der Waals surface area contributed by atoms with Gasteiger partial charge >= 0.3 is 0 Å². The van der Waals surface area contributed by atoms with E-state index in [4.69, 9.17) is 23.2 Å². The van der Waals surface area contributed by atoms with Crippen molar-refractivity contribution in [3.05, 3.63) is 106 Å². The molecule has 1 aliphatic rings. The third-order valence-electron chi connectivity index (χ3n) is 7.08. The maximum Gasteiger partial charge on any atom is 0.243 e. The van der Waals surface area contributed by atoms with Crippen molar-refractivity contribution in [2.24, 2.45) is 0 Å². The summed E-state index contributed by atoms with van der Waals surface area (Å²) in [5.74, 6) is -0.216. The number of nitrogens with one attached hydrogen (secondary N) is 1. The molecule has 0 aromatic heterocycles. The molecule has 0 unspecified atom stereocenters. The van der Waals surface area contributed by atoms with E-state index >= 15 is 0 Å². The number of hydrogen-bond acceptors (Lipinski definition) is 2. The number of halogens is 2. The maximum atomic E-state index is 13.8. The summed E-state index contributed by atoms with van der Waals surface area (Å²) >= 11 is 13.1. The van der Waals surface area contributed by atoms with Crippen molar-refractivity contribution in [2.75, 3.05) is 0 Å². The lowest BCUT2D eigenvalue weighted by molar-refractivity contribution is -0.141. The fourth-order valence-corrected chi connectivity index (χ4v) is 5.51. The van der Waals surface area contributed by atoms with Crippen LogP contribution in [0.25, 0.3) is 0 Å². The van der Waals surface area contributed by atoms with E-state index in [0.717, 1.165) is 36.8 Å². The zero-order chi connectivity index (χ0) is 26.0. The molecule has 3 aromatic rings. The molecule has 0 radical (unpaired) electrons. The normalized spacial score (nSPS) is 14.6. The Kier molecular flexibility index (Phi) is 10.0. The Labute approximate surface area is 230 Å². The first-order valence-electron chi connectivity index (χ1n) is 13.1. The van der Waals surface area contributed by atoms with Gasteiger partial charge in [0.05, 0.1) is 0 Å². The Morgan fingerprint density at radius 1 is 0.811 bits per heavy atom. The number of hydrogen-bond donors (Lipinski definition) is 1. The zero-order valence-corrected chi connectivity index (χ0v) is 22.6. The highest BCUT2D eigenvalue weighted by atomic mass is 35.5. The van der Waals surface area contributed by atoms with E-state index in [1.807, 2.05) is 60.7 Å². The summed E-state index contributed by atoms with van der Waals surface area (Å²) in [6.07, 6.45) is 6.67. The van der Waals surface area contributed by atoms with Crippen LogP contribution in [-0.2, 0) is 29.0 Å². The van der Waals surface area contributed by atoms with Gasteiger partial charge in [0, 0.05) is 41.0 Å². The number of amides is 2. The van der Waals surface area contributed by atoms with Crippen LogP contribution in [0.4, 0.5) is 0 Å². The molecule has 4 nitrogen and oxygen atoms in total.